The molecule has 0 bridgehead atoms. The van der Waals surface area contributed by atoms with Crippen LogP contribution in [0.1, 0.15) is 53.1 Å². The van der Waals surface area contributed by atoms with Gasteiger partial charge in [0.15, 0.2) is 0 Å². The monoisotopic (exact) mass is 542 g/mol. The average molecular weight is 543 g/mol. The Bertz CT molecular complexity index is 1590. The molecule has 4 aromatic rings. The molecule has 0 spiro atoms. The van der Waals surface area contributed by atoms with E-state index in [1.807, 2.05) is 13.0 Å². The van der Waals surface area contributed by atoms with E-state index in [1.54, 1.807) is 43.4 Å². The van der Waals surface area contributed by atoms with Crippen LogP contribution in [0.5, 0.6) is 5.75 Å². The predicted molar refractivity (Wildman–Crippen MR) is 154 cm³/mol. The number of ether oxygens (including phenoxy) is 1. The zero-order valence-corrected chi connectivity index (χ0v) is 23.6. The van der Waals surface area contributed by atoms with Crippen LogP contribution in [-0.4, -0.2) is 45.3 Å². The molecule has 0 aliphatic rings. The minimum absolute atomic E-state index is 0.167. The average Bonchev–Trinajstić information content (AvgIpc) is 3.35. The Labute approximate surface area is 233 Å². The largest absolute Gasteiger partial charge is 0.495 e. The van der Waals surface area contributed by atoms with Gasteiger partial charge in [-0.15, -0.1) is 0 Å². The van der Waals surface area contributed by atoms with E-state index in [2.05, 4.69) is 46.7 Å². The molecule has 1 atom stereocenters. The van der Waals surface area contributed by atoms with Gasteiger partial charge in [0.05, 0.1) is 30.9 Å². The molecule has 3 aromatic heterocycles. The van der Waals surface area contributed by atoms with Crippen molar-refractivity contribution in [3.8, 4) is 16.9 Å². The summed E-state index contributed by atoms with van der Waals surface area (Å²) in [4.78, 5) is 43.2. The second-order valence-electron chi connectivity index (χ2n) is 9.95. The maximum Gasteiger partial charge on any atom is 0.269 e. The molecule has 2 amide bonds. The Morgan fingerprint density at radius 2 is 1.85 bits per heavy atom. The third-order valence-corrected chi connectivity index (χ3v) is 6.69. The fourth-order valence-corrected chi connectivity index (χ4v) is 4.60. The number of amides is 2. The van der Waals surface area contributed by atoms with E-state index in [0.29, 0.717) is 22.7 Å². The number of hydrogen-bond donors (Lipinski definition) is 2. The van der Waals surface area contributed by atoms with Crippen molar-refractivity contribution in [3.05, 3.63) is 93.9 Å². The highest BCUT2D eigenvalue weighted by Gasteiger charge is 2.26. The first-order valence-corrected chi connectivity index (χ1v) is 13.0. The Kier molecular flexibility index (Phi) is 8.47. The maximum absolute atomic E-state index is 13.6. The van der Waals surface area contributed by atoms with Crippen molar-refractivity contribution in [1.82, 2.24) is 24.6 Å². The lowest BCUT2D eigenvalue weighted by Crippen LogP contribution is -2.34. The van der Waals surface area contributed by atoms with E-state index in [4.69, 9.17) is 4.74 Å². The molecule has 0 saturated heterocycles. The minimum atomic E-state index is -0.939. The van der Waals surface area contributed by atoms with E-state index < -0.39 is 11.9 Å². The Morgan fingerprint density at radius 3 is 2.45 bits per heavy atom. The van der Waals surface area contributed by atoms with Gasteiger partial charge in [0.25, 0.3) is 11.5 Å². The molecule has 1 unspecified atom stereocenters. The van der Waals surface area contributed by atoms with Gasteiger partial charge in [0.1, 0.15) is 17.5 Å². The topological polar surface area (TPSA) is 120 Å². The van der Waals surface area contributed by atoms with Gasteiger partial charge in [0, 0.05) is 38.3 Å². The standard InChI is InChI=1S/C30H34N6O4/c1-18(2)22-9-7-19(3)13-23(22)24-15-28(37)36(17-27(24)40-6)26(14-20-11-12-35(5)34-20)30(39)33-21-8-10-25(32-16-21)29(38)31-4/h7-13,15-18,26H,14H2,1-6H3,(H,31,38)(H,33,39). The highest BCUT2D eigenvalue weighted by molar-refractivity contribution is 5.95. The number of nitrogens with one attached hydrogen (secondary N) is 2. The summed E-state index contributed by atoms with van der Waals surface area (Å²) in [6.45, 7) is 6.21. The van der Waals surface area contributed by atoms with Gasteiger partial charge in [-0.25, -0.2) is 4.98 Å². The number of aromatic nitrogens is 4. The fourth-order valence-electron chi connectivity index (χ4n) is 4.60. The molecule has 10 nitrogen and oxygen atoms in total. The minimum Gasteiger partial charge on any atom is -0.495 e. The SMILES string of the molecule is CNC(=O)c1ccc(NC(=O)C(Cc2ccn(C)n2)n2cc(OC)c(-c3cc(C)ccc3C(C)C)cc2=O)cn1. The number of carbonyl (C=O) groups is 2. The van der Waals surface area contributed by atoms with Gasteiger partial charge < -0.3 is 15.4 Å². The second kappa shape index (κ2) is 12.0. The molecule has 0 fully saturated rings. The molecule has 208 valence electrons. The molecule has 3 heterocycles. The first-order valence-electron chi connectivity index (χ1n) is 13.0. The Hall–Kier alpha value is -4.73. The highest BCUT2D eigenvalue weighted by atomic mass is 16.5. The smallest absolute Gasteiger partial charge is 0.269 e. The summed E-state index contributed by atoms with van der Waals surface area (Å²) in [6.07, 6.45) is 4.94. The number of carbonyl (C=O) groups excluding carboxylic acids is 2. The number of pyridine rings is 2. The Balaban J connectivity index is 1.76. The van der Waals surface area contributed by atoms with Gasteiger partial charge in [-0.2, -0.15) is 5.10 Å². The van der Waals surface area contributed by atoms with Crippen LogP contribution < -0.4 is 20.9 Å². The molecular weight excluding hydrogens is 508 g/mol. The first kappa shape index (κ1) is 28.3. The van der Waals surface area contributed by atoms with Gasteiger partial charge in [-0.3, -0.25) is 23.6 Å². The fraction of sp³-hybridized carbons (Fsp3) is 0.300. The normalized spacial score (nSPS) is 11.8. The van der Waals surface area contributed by atoms with Gasteiger partial charge in [0.2, 0.25) is 5.91 Å². The van der Waals surface area contributed by atoms with Crippen LogP contribution in [0.25, 0.3) is 11.1 Å². The van der Waals surface area contributed by atoms with E-state index in [1.165, 1.54) is 29.9 Å². The zero-order valence-electron chi connectivity index (χ0n) is 23.6. The molecule has 0 aliphatic carbocycles. The summed E-state index contributed by atoms with van der Waals surface area (Å²) in [5, 5.41) is 9.75. The summed E-state index contributed by atoms with van der Waals surface area (Å²) in [5.41, 5.74) is 4.65. The second-order valence-corrected chi connectivity index (χ2v) is 9.95. The van der Waals surface area contributed by atoms with Crippen molar-refractivity contribution in [3.63, 3.8) is 0 Å². The van der Waals surface area contributed by atoms with Crippen molar-refractivity contribution < 1.29 is 14.3 Å². The molecule has 4 rings (SSSR count). The van der Waals surface area contributed by atoms with Crippen LogP contribution >= 0.6 is 0 Å². The number of benzene rings is 1. The van der Waals surface area contributed by atoms with E-state index >= 15 is 0 Å². The van der Waals surface area contributed by atoms with Gasteiger partial charge >= 0.3 is 0 Å². The van der Waals surface area contributed by atoms with Crippen LogP contribution in [-0.2, 0) is 18.3 Å². The summed E-state index contributed by atoms with van der Waals surface area (Å²) >= 11 is 0. The van der Waals surface area contributed by atoms with Crippen molar-refractivity contribution in [1.29, 1.82) is 0 Å². The van der Waals surface area contributed by atoms with E-state index in [-0.39, 0.29) is 29.5 Å². The summed E-state index contributed by atoms with van der Waals surface area (Å²) in [6, 6.07) is 11.7. The van der Waals surface area contributed by atoms with Crippen molar-refractivity contribution in [2.24, 2.45) is 7.05 Å². The van der Waals surface area contributed by atoms with Crippen LogP contribution in [0.15, 0.2) is 65.8 Å². The van der Waals surface area contributed by atoms with Crippen molar-refractivity contribution in [2.45, 2.75) is 39.2 Å². The zero-order chi connectivity index (χ0) is 29.0. The lowest BCUT2D eigenvalue weighted by Gasteiger charge is -2.22. The predicted octanol–water partition coefficient (Wildman–Crippen LogP) is 3.87. The molecule has 0 saturated carbocycles. The number of anilines is 1. The van der Waals surface area contributed by atoms with Crippen LogP contribution in [0.4, 0.5) is 5.69 Å². The number of rotatable bonds is 9. The molecule has 0 radical (unpaired) electrons. The summed E-state index contributed by atoms with van der Waals surface area (Å²) in [5.74, 6) is -0.0642. The lowest BCUT2D eigenvalue weighted by molar-refractivity contribution is -0.119. The molecule has 1 aromatic carbocycles. The number of nitrogens with zero attached hydrogens (tertiary/aromatic N) is 4. The first-order chi connectivity index (χ1) is 19.1. The summed E-state index contributed by atoms with van der Waals surface area (Å²) < 4.78 is 8.78. The lowest BCUT2D eigenvalue weighted by atomic mass is 9.91. The molecule has 10 heteroatoms. The van der Waals surface area contributed by atoms with Crippen LogP contribution in [0.3, 0.4) is 0 Å². The van der Waals surface area contributed by atoms with Crippen LogP contribution in [0, 0.1) is 6.92 Å². The number of hydrogen-bond acceptors (Lipinski definition) is 6. The highest BCUT2D eigenvalue weighted by Crippen LogP contribution is 2.35. The number of methoxy groups -OCH3 is 1. The maximum atomic E-state index is 13.6. The van der Waals surface area contributed by atoms with Gasteiger partial charge in [-0.05, 0) is 42.2 Å². The molecule has 2 N–H and O–H groups in total. The van der Waals surface area contributed by atoms with Gasteiger partial charge in [-0.1, -0.05) is 37.6 Å². The number of aryl methyl sites for hydroxylation is 2. The quantitative estimate of drug-likeness (QED) is 0.331. The summed E-state index contributed by atoms with van der Waals surface area (Å²) in [7, 11) is 4.85. The third kappa shape index (κ3) is 6.12. The van der Waals surface area contributed by atoms with Crippen LogP contribution in [0.2, 0.25) is 0 Å². The van der Waals surface area contributed by atoms with Crippen molar-refractivity contribution in [2.75, 3.05) is 19.5 Å². The molecular formula is C30H34N6O4. The molecule has 40 heavy (non-hydrogen) atoms. The van der Waals surface area contributed by atoms with E-state index in [9.17, 15) is 14.4 Å². The Morgan fingerprint density at radius 1 is 1.07 bits per heavy atom. The third-order valence-electron chi connectivity index (χ3n) is 6.69. The van der Waals surface area contributed by atoms with E-state index in [0.717, 1.165) is 16.7 Å². The van der Waals surface area contributed by atoms with Crippen molar-refractivity contribution >= 4 is 17.5 Å². The molecule has 0 aliphatic heterocycles.